The first-order valence-corrected chi connectivity index (χ1v) is 17.7. The molecule has 0 aliphatic heterocycles. The SMILES string of the molecule is C[C@H](Cc1cccc(CC(=O)NCc2c(F)cccc2Cl)c1)NC[C@H](CC(C)(C)[Si](C)(C)O)c1ccc(O)c(CO)c1. The number of aliphatic hydroxyl groups is 1. The van der Waals surface area contributed by atoms with Crippen molar-refractivity contribution in [1.29, 1.82) is 0 Å². The molecule has 3 aromatic carbocycles. The van der Waals surface area contributed by atoms with Crippen LogP contribution in [0.1, 0.15) is 60.9 Å². The monoisotopic (exact) mass is 614 g/mol. The van der Waals surface area contributed by atoms with E-state index in [4.69, 9.17) is 11.6 Å². The molecule has 0 unspecified atom stereocenters. The van der Waals surface area contributed by atoms with Crippen molar-refractivity contribution in [2.24, 2.45) is 0 Å². The summed E-state index contributed by atoms with van der Waals surface area (Å²) in [5, 5.41) is 26.2. The normalized spacial score (nSPS) is 13.5. The van der Waals surface area contributed by atoms with Gasteiger partial charge in [-0.3, -0.25) is 4.79 Å². The van der Waals surface area contributed by atoms with Gasteiger partial charge < -0.3 is 25.6 Å². The first-order valence-electron chi connectivity index (χ1n) is 14.4. The van der Waals surface area contributed by atoms with Crippen LogP contribution in [0.25, 0.3) is 0 Å². The lowest BCUT2D eigenvalue weighted by Gasteiger charge is -2.38. The fourth-order valence-electron chi connectivity index (χ4n) is 4.93. The van der Waals surface area contributed by atoms with Crippen molar-refractivity contribution in [3.8, 4) is 5.75 Å². The molecule has 6 nitrogen and oxygen atoms in total. The molecule has 9 heteroatoms. The highest BCUT2D eigenvalue weighted by Crippen LogP contribution is 2.44. The maximum Gasteiger partial charge on any atom is 0.224 e. The van der Waals surface area contributed by atoms with Crippen molar-refractivity contribution < 1.29 is 24.2 Å². The lowest BCUT2D eigenvalue weighted by Crippen LogP contribution is -2.41. The Morgan fingerprint density at radius 1 is 1.07 bits per heavy atom. The van der Waals surface area contributed by atoms with E-state index in [1.54, 1.807) is 12.1 Å². The molecule has 0 heterocycles. The largest absolute Gasteiger partial charge is 0.508 e. The van der Waals surface area contributed by atoms with Gasteiger partial charge in [-0.2, -0.15) is 0 Å². The highest BCUT2D eigenvalue weighted by Gasteiger charge is 2.40. The van der Waals surface area contributed by atoms with Crippen molar-refractivity contribution in [1.82, 2.24) is 10.6 Å². The maximum absolute atomic E-state index is 14.0. The van der Waals surface area contributed by atoms with Crippen molar-refractivity contribution in [3.63, 3.8) is 0 Å². The zero-order chi connectivity index (χ0) is 31.1. The first-order chi connectivity index (χ1) is 19.7. The number of nitrogens with one attached hydrogen (secondary N) is 2. The quantitative estimate of drug-likeness (QED) is 0.139. The fraction of sp³-hybridized carbons (Fsp3) is 0.424. The number of phenols is 1. The number of benzene rings is 3. The molecule has 0 spiro atoms. The van der Waals surface area contributed by atoms with Crippen LogP contribution in [0.5, 0.6) is 5.75 Å². The number of aliphatic hydroxyl groups excluding tert-OH is 1. The number of hydrogen-bond acceptors (Lipinski definition) is 5. The van der Waals surface area contributed by atoms with Crippen LogP contribution in [0, 0.1) is 5.82 Å². The summed E-state index contributed by atoms with van der Waals surface area (Å²) < 4.78 is 14.0. The van der Waals surface area contributed by atoms with Crippen molar-refractivity contribution in [2.45, 2.75) is 83.3 Å². The smallest absolute Gasteiger partial charge is 0.224 e. The summed E-state index contributed by atoms with van der Waals surface area (Å²) in [5.41, 5.74) is 3.72. The van der Waals surface area contributed by atoms with Crippen LogP contribution in [0.3, 0.4) is 0 Å². The van der Waals surface area contributed by atoms with Crippen molar-refractivity contribution in [2.75, 3.05) is 6.54 Å². The number of aromatic hydroxyl groups is 1. The molecule has 0 aromatic heterocycles. The maximum atomic E-state index is 14.0. The highest BCUT2D eigenvalue weighted by atomic mass is 35.5. The second-order valence-electron chi connectivity index (χ2n) is 12.4. The van der Waals surface area contributed by atoms with Gasteiger partial charge >= 0.3 is 0 Å². The molecule has 0 saturated carbocycles. The van der Waals surface area contributed by atoms with Gasteiger partial charge in [-0.25, -0.2) is 4.39 Å². The van der Waals surface area contributed by atoms with E-state index in [1.165, 1.54) is 12.1 Å². The molecule has 0 aliphatic rings. The Morgan fingerprint density at radius 3 is 2.43 bits per heavy atom. The second kappa shape index (κ2) is 14.6. The molecule has 0 bridgehead atoms. The minimum Gasteiger partial charge on any atom is -0.508 e. The van der Waals surface area contributed by atoms with E-state index in [0.717, 1.165) is 29.5 Å². The number of hydrogen-bond donors (Lipinski definition) is 5. The standard InChI is InChI=1S/C33H44ClFN2O4Si/c1-22(36-19-27(18-33(2,3)42(4,5)41)25-12-13-31(39)26(17-25)21-38)14-23-8-6-9-24(15-23)16-32(40)37-20-28-29(34)10-7-11-30(28)35/h6-13,15,17,22,27,36,38-39,41H,14,16,18-21H2,1-5H3,(H,37,40)/t22-,27+/m1/s1. The third kappa shape index (κ3) is 9.38. The van der Waals surface area contributed by atoms with Gasteiger partial charge in [0.15, 0.2) is 8.32 Å². The molecule has 0 saturated heterocycles. The number of halogens is 2. The Bertz CT molecular complexity index is 1340. The average Bonchev–Trinajstić information content (AvgIpc) is 2.90. The Balaban J connectivity index is 1.63. The van der Waals surface area contributed by atoms with E-state index in [2.05, 4.69) is 31.4 Å². The second-order valence-corrected chi connectivity index (χ2v) is 17.3. The number of carbonyl (C=O) groups excluding carboxylic acids is 1. The van der Waals surface area contributed by atoms with Crippen molar-refractivity contribution >= 4 is 25.8 Å². The fourth-order valence-corrected chi connectivity index (χ4v) is 5.91. The molecule has 2 atom stereocenters. The van der Waals surface area contributed by atoms with Gasteiger partial charge in [0.25, 0.3) is 0 Å². The topological polar surface area (TPSA) is 102 Å². The Kier molecular flexibility index (Phi) is 11.7. The summed E-state index contributed by atoms with van der Waals surface area (Å²) in [6.45, 7) is 10.7. The van der Waals surface area contributed by atoms with Crippen LogP contribution >= 0.6 is 11.6 Å². The summed E-state index contributed by atoms with van der Waals surface area (Å²) >= 11 is 6.07. The highest BCUT2D eigenvalue weighted by molar-refractivity contribution is 6.72. The summed E-state index contributed by atoms with van der Waals surface area (Å²) in [5.74, 6) is -0.527. The summed E-state index contributed by atoms with van der Waals surface area (Å²) in [6.07, 6.45) is 1.67. The zero-order valence-electron chi connectivity index (χ0n) is 25.2. The van der Waals surface area contributed by atoms with Gasteiger partial charge in [-0.1, -0.05) is 61.8 Å². The molecule has 0 radical (unpaired) electrons. The molecular weight excluding hydrogens is 571 g/mol. The third-order valence-corrected chi connectivity index (χ3v) is 12.2. The molecule has 3 rings (SSSR count). The van der Waals surface area contributed by atoms with E-state index in [9.17, 15) is 24.2 Å². The average molecular weight is 615 g/mol. The molecule has 1 amide bonds. The van der Waals surface area contributed by atoms with Crippen LogP contribution in [-0.4, -0.2) is 41.8 Å². The minimum absolute atomic E-state index is 0.0275. The molecule has 3 aromatic rings. The number of amides is 1. The van der Waals surface area contributed by atoms with Crippen LogP contribution in [0.15, 0.2) is 60.7 Å². The Labute approximate surface area is 255 Å². The van der Waals surface area contributed by atoms with E-state index in [1.807, 2.05) is 49.5 Å². The summed E-state index contributed by atoms with van der Waals surface area (Å²) in [7, 11) is -2.47. The van der Waals surface area contributed by atoms with Gasteiger partial charge in [-0.15, -0.1) is 0 Å². The number of rotatable bonds is 14. The van der Waals surface area contributed by atoms with Gasteiger partial charge in [0.2, 0.25) is 5.91 Å². The van der Waals surface area contributed by atoms with Crippen LogP contribution < -0.4 is 10.6 Å². The van der Waals surface area contributed by atoms with E-state index in [0.29, 0.717) is 12.1 Å². The van der Waals surface area contributed by atoms with E-state index >= 15 is 0 Å². The van der Waals surface area contributed by atoms with Gasteiger partial charge in [0.05, 0.1) is 13.0 Å². The Morgan fingerprint density at radius 2 is 1.76 bits per heavy atom. The van der Waals surface area contributed by atoms with Crippen LogP contribution in [0.2, 0.25) is 23.2 Å². The molecule has 5 N–H and O–H groups in total. The van der Waals surface area contributed by atoms with Gasteiger partial charge in [-0.05, 0) is 84.8 Å². The molecule has 0 aliphatic carbocycles. The lowest BCUT2D eigenvalue weighted by atomic mass is 9.88. The molecule has 0 fully saturated rings. The zero-order valence-corrected chi connectivity index (χ0v) is 26.9. The van der Waals surface area contributed by atoms with Crippen molar-refractivity contribution in [3.05, 3.63) is 99.3 Å². The third-order valence-electron chi connectivity index (χ3n) is 8.29. The molecule has 228 valence electrons. The first kappa shape index (κ1) is 33.7. The predicted octanol–water partition coefficient (Wildman–Crippen LogP) is 6.21. The summed E-state index contributed by atoms with van der Waals surface area (Å²) in [4.78, 5) is 23.5. The predicted molar refractivity (Wildman–Crippen MR) is 170 cm³/mol. The van der Waals surface area contributed by atoms with Gasteiger partial charge in [0, 0.05) is 35.3 Å². The lowest BCUT2D eigenvalue weighted by molar-refractivity contribution is -0.120. The van der Waals surface area contributed by atoms with Crippen LogP contribution in [0.4, 0.5) is 4.39 Å². The van der Waals surface area contributed by atoms with Gasteiger partial charge in [0.1, 0.15) is 11.6 Å². The van der Waals surface area contributed by atoms with E-state index < -0.39 is 14.1 Å². The minimum atomic E-state index is -2.47. The Hall–Kier alpha value is -2.75. The number of carbonyl (C=O) groups is 1. The van der Waals surface area contributed by atoms with Crippen LogP contribution in [-0.2, 0) is 30.8 Å². The molecular formula is C33H44ClFN2O4Si. The summed E-state index contributed by atoms with van der Waals surface area (Å²) in [6, 6.07) is 17.8. The molecule has 42 heavy (non-hydrogen) atoms. The van der Waals surface area contributed by atoms with E-state index in [-0.39, 0.29) is 58.8 Å².